The molecule has 2 amide bonds. The molecule has 0 aliphatic rings. The highest BCUT2D eigenvalue weighted by Gasteiger charge is 2.17. The molecule has 7 nitrogen and oxygen atoms in total. The number of nitrogens with one attached hydrogen (secondary N) is 2. The molecule has 0 unspecified atom stereocenters. The number of nitrogens with zero attached hydrogens (tertiary/aromatic N) is 3. The molecule has 0 saturated carbocycles. The number of rotatable bonds is 8. The maximum Gasteiger partial charge on any atom is 0.234 e. The van der Waals surface area contributed by atoms with Gasteiger partial charge in [-0.15, -0.1) is 10.2 Å². The van der Waals surface area contributed by atoms with Gasteiger partial charge in [0, 0.05) is 12.2 Å². The van der Waals surface area contributed by atoms with Crippen LogP contribution in [-0.2, 0) is 22.6 Å². The molecular formula is C23H26FN5O2S. The molecule has 3 rings (SSSR count). The first-order valence-corrected chi connectivity index (χ1v) is 11.2. The van der Waals surface area contributed by atoms with Gasteiger partial charge in [0.2, 0.25) is 11.8 Å². The summed E-state index contributed by atoms with van der Waals surface area (Å²) in [7, 11) is 0. The second-order valence-corrected chi connectivity index (χ2v) is 8.38. The van der Waals surface area contributed by atoms with E-state index in [2.05, 4.69) is 20.8 Å². The molecule has 168 valence electrons. The average molecular weight is 456 g/mol. The molecule has 2 N–H and O–H groups in total. The molecule has 0 saturated heterocycles. The Kier molecular flexibility index (Phi) is 7.63. The van der Waals surface area contributed by atoms with E-state index in [0.29, 0.717) is 17.5 Å². The van der Waals surface area contributed by atoms with Crippen molar-refractivity contribution >= 4 is 35.0 Å². The Balaban J connectivity index is 1.61. The molecule has 0 spiro atoms. The summed E-state index contributed by atoms with van der Waals surface area (Å²) in [6.45, 7) is 8.20. The lowest BCUT2D eigenvalue weighted by molar-refractivity contribution is -0.116. The smallest absolute Gasteiger partial charge is 0.234 e. The number of amides is 2. The fraction of sp³-hybridized carbons (Fsp3) is 0.304. The lowest BCUT2D eigenvalue weighted by Crippen LogP contribution is -2.18. The number of hydrogen-bond donors (Lipinski definition) is 2. The van der Waals surface area contributed by atoms with Crippen LogP contribution in [0.1, 0.15) is 29.4 Å². The third-order valence-corrected chi connectivity index (χ3v) is 6.00. The van der Waals surface area contributed by atoms with Crippen molar-refractivity contribution in [3.63, 3.8) is 0 Å². The van der Waals surface area contributed by atoms with Gasteiger partial charge in [-0.05, 0) is 62.6 Å². The monoisotopic (exact) mass is 455 g/mol. The number of halogens is 1. The van der Waals surface area contributed by atoms with Gasteiger partial charge in [-0.1, -0.05) is 30.0 Å². The first-order chi connectivity index (χ1) is 15.3. The lowest BCUT2D eigenvalue weighted by atomic mass is 10.1. The largest absolute Gasteiger partial charge is 0.325 e. The van der Waals surface area contributed by atoms with Crippen LogP contribution < -0.4 is 10.6 Å². The van der Waals surface area contributed by atoms with Crippen LogP contribution in [0, 0.1) is 26.6 Å². The van der Waals surface area contributed by atoms with Crippen molar-refractivity contribution in [3.05, 3.63) is 64.7 Å². The summed E-state index contributed by atoms with van der Waals surface area (Å²) in [5.74, 6) is -0.456. The normalized spacial score (nSPS) is 10.8. The van der Waals surface area contributed by atoms with Gasteiger partial charge in [-0.3, -0.25) is 9.59 Å². The molecule has 0 atom stereocenters. The van der Waals surface area contributed by atoms with Crippen LogP contribution >= 0.6 is 11.8 Å². The van der Waals surface area contributed by atoms with E-state index in [-0.39, 0.29) is 29.7 Å². The fourth-order valence-electron chi connectivity index (χ4n) is 3.14. The Bertz CT molecular complexity index is 1150. The average Bonchev–Trinajstić information content (AvgIpc) is 3.13. The van der Waals surface area contributed by atoms with Gasteiger partial charge in [0.25, 0.3) is 0 Å². The molecule has 2 aromatic carbocycles. The molecule has 1 heterocycles. The lowest BCUT2D eigenvalue weighted by Gasteiger charge is -2.11. The Labute approximate surface area is 190 Å². The van der Waals surface area contributed by atoms with Crippen molar-refractivity contribution in [2.75, 3.05) is 16.4 Å². The minimum Gasteiger partial charge on any atom is -0.325 e. The van der Waals surface area contributed by atoms with Gasteiger partial charge in [0.1, 0.15) is 11.6 Å². The highest BCUT2D eigenvalue weighted by molar-refractivity contribution is 7.99. The molecule has 0 radical (unpaired) electrons. The van der Waals surface area contributed by atoms with Crippen LogP contribution in [-0.4, -0.2) is 32.3 Å². The predicted octanol–water partition coefficient (Wildman–Crippen LogP) is 4.27. The van der Waals surface area contributed by atoms with Gasteiger partial charge in [0.05, 0.1) is 17.9 Å². The summed E-state index contributed by atoms with van der Waals surface area (Å²) in [5, 5.41) is 14.3. The van der Waals surface area contributed by atoms with E-state index in [9.17, 15) is 14.0 Å². The van der Waals surface area contributed by atoms with E-state index in [0.717, 1.165) is 22.4 Å². The van der Waals surface area contributed by atoms with E-state index >= 15 is 0 Å². The molecule has 0 aliphatic heterocycles. The van der Waals surface area contributed by atoms with E-state index in [1.54, 1.807) is 17.6 Å². The predicted molar refractivity (Wildman–Crippen MR) is 124 cm³/mol. The summed E-state index contributed by atoms with van der Waals surface area (Å²) < 4.78 is 15.7. The molecule has 3 aromatic rings. The van der Waals surface area contributed by atoms with Crippen LogP contribution in [0.15, 0.2) is 41.6 Å². The highest BCUT2D eigenvalue weighted by Crippen LogP contribution is 2.21. The zero-order chi connectivity index (χ0) is 23.3. The maximum atomic E-state index is 13.9. The van der Waals surface area contributed by atoms with Gasteiger partial charge in [0.15, 0.2) is 5.16 Å². The number of anilines is 2. The molecule has 1 aromatic heterocycles. The molecule has 0 bridgehead atoms. The molecule has 0 aliphatic carbocycles. The van der Waals surface area contributed by atoms with E-state index in [1.165, 1.54) is 23.9 Å². The first kappa shape index (κ1) is 23.5. The number of benzene rings is 2. The number of aryl methyl sites for hydroxylation is 2. The molecular weight excluding hydrogens is 429 g/mol. The third-order valence-electron chi connectivity index (χ3n) is 5.04. The third kappa shape index (κ3) is 5.73. The van der Waals surface area contributed by atoms with Crippen LogP contribution in [0.5, 0.6) is 0 Å². The van der Waals surface area contributed by atoms with E-state index < -0.39 is 5.82 Å². The van der Waals surface area contributed by atoms with Crippen molar-refractivity contribution < 1.29 is 14.0 Å². The Morgan fingerprint density at radius 2 is 1.78 bits per heavy atom. The zero-order valence-corrected chi connectivity index (χ0v) is 19.3. The van der Waals surface area contributed by atoms with Crippen molar-refractivity contribution in [2.45, 2.75) is 45.8 Å². The zero-order valence-electron chi connectivity index (χ0n) is 18.5. The number of hydrogen-bond acceptors (Lipinski definition) is 5. The van der Waals surface area contributed by atoms with Gasteiger partial charge < -0.3 is 15.2 Å². The topological polar surface area (TPSA) is 88.9 Å². The van der Waals surface area contributed by atoms with E-state index in [4.69, 9.17) is 0 Å². The number of carbonyl (C=O) groups excluding carboxylic acids is 2. The number of thioether (sulfide) groups is 1. The Morgan fingerprint density at radius 3 is 2.50 bits per heavy atom. The maximum absolute atomic E-state index is 13.9. The van der Waals surface area contributed by atoms with Crippen molar-refractivity contribution in [3.8, 4) is 0 Å². The van der Waals surface area contributed by atoms with Gasteiger partial charge >= 0.3 is 0 Å². The second-order valence-electron chi connectivity index (χ2n) is 7.44. The molecule has 32 heavy (non-hydrogen) atoms. The minimum atomic E-state index is -0.475. The summed E-state index contributed by atoms with van der Waals surface area (Å²) in [6.07, 6.45) is 0.0650. The summed E-state index contributed by atoms with van der Waals surface area (Å²) in [4.78, 5) is 24.8. The van der Waals surface area contributed by atoms with Crippen LogP contribution in [0.2, 0.25) is 0 Å². The van der Waals surface area contributed by atoms with Gasteiger partial charge in [-0.2, -0.15) is 0 Å². The quantitative estimate of drug-likeness (QED) is 0.495. The summed E-state index contributed by atoms with van der Waals surface area (Å²) >= 11 is 1.19. The SMILES string of the molecule is CCn1c(CC(=O)Nc2cccc(C)c2C)nnc1SCC(=O)Nc1ccc(C)cc1F. The highest BCUT2D eigenvalue weighted by atomic mass is 32.2. The van der Waals surface area contributed by atoms with Crippen molar-refractivity contribution in [1.29, 1.82) is 0 Å². The molecule has 0 fully saturated rings. The summed E-state index contributed by atoms with van der Waals surface area (Å²) in [5.41, 5.74) is 3.81. The van der Waals surface area contributed by atoms with Crippen molar-refractivity contribution in [2.24, 2.45) is 0 Å². The van der Waals surface area contributed by atoms with Crippen LogP contribution in [0.3, 0.4) is 0 Å². The number of aromatic nitrogens is 3. The Morgan fingerprint density at radius 1 is 1.03 bits per heavy atom. The second kappa shape index (κ2) is 10.4. The van der Waals surface area contributed by atoms with E-state index in [1.807, 2.05) is 39.0 Å². The van der Waals surface area contributed by atoms with Crippen molar-refractivity contribution in [1.82, 2.24) is 14.8 Å². The first-order valence-electron chi connectivity index (χ1n) is 10.3. The minimum absolute atomic E-state index is 0.0418. The Hall–Kier alpha value is -3.20. The van der Waals surface area contributed by atoms with Crippen LogP contribution in [0.4, 0.5) is 15.8 Å². The van der Waals surface area contributed by atoms with Crippen LogP contribution in [0.25, 0.3) is 0 Å². The number of carbonyl (C=O) groups is 2. The molecule has 9 heteroatoms. The fourth-order valence-corrected chi connectivity index (χ4v) is 3.96. The standard InChI is InChI=1S/C23H26FN5O2S/c1-5-29-20(12-21(30)25-18-8-6-7-15(3)16(18)4)27-28-23(29)32-13-22(31)26-19-10-9-14(2)11-17(19)24/h6-11H,5,12-13H2,1-4H3,(H,25,30)(H,26,31). The van der Waals surface area contributed by atoms with Gasteiger partial charge in [-0.25, -0.2) is 4.39 Å². The summed E-state index contributed by atoms with van der Waals surface area (Å²) in [6, 6.07) is 10.4.